The number of hydrogen-bond acceptors (Lipinski definition) is 6. The molecule has 0 radical (unpaired) electrons. The van der Waals surface area contributed by atoms with Crippen molar-refractivity contribution < 1.29 is 24.5 Å². The SMILES string of the molecule is O=C([O-])NC1(CC2(c3ccccc3)CC(O)=C(SCCc3ccccc3)C(=O)O2)CCCC1. The predicted octanol–water partition coefficient (Wildman–Crippen LogP) is 4.21. The molecule has 1 unspecified atom stereocenters. The number of carbonyl (C=O) groups is 2. The lowest BCUT2D eigenvalue weighted by atomic mass is 9.76. The van der Waals surface area contributed by atoms with Crippen LogP contribution >= 0.6 is 11.8 Å². The first-order chi connectivity index (χ1) is 15.9. The summed E-state index contributed by atoms with van der Waals surface area (Å²) >= 11 is 1.29. The number of cyclic esters (lactones) is 1. The van der Waals surface area contributed by atoms with Gasteiger partial charge in [0.05, 0.1) is 6.42 Å². The van der Waals surface area contributed by atoms with E-state index in [-0.39, 0.29) is 23.5 Å². The van der Waals surface area contributed by atoms with E-state index in [1.165, 1.54) is 11.8 Å². The Bertz CT molecular complexity index is 1020. The van der Waals surface area contributed by atoms with Gasteiger partial charge in [-0.15, -0.1) is 11.8 Å². The fraction of sp³-hybridized carbons (Fsp3) is 0.385. The Labute approximate surface area is 198 Å². The molecule has 2 aromatic rings. The lowest BCUT2D eigenvalue weighted by Gasteiger charge is -2.44. The van der Waals surface area contributed by atoms with E-state index in [9.17, 15) is 19.8 Å². The van der Waals surface area contributed by atoms with Crippen LogP contribution < -0.4 is 10.4 Å². The number of ether oxygens (including phenoxy) is 1. The van der Waals surface area contributed by atoms with Crippen molar-refractivity contribution in [2.24, 2.45) is 0 Å². The molecule has 4 rings (SSSR count). The highest BCUT2D eigenvalue weighted by atomic mass is 32.2. The quantitative estimate of drug-likeness (QED) is 0.566. The fourth-order valence-corrected chi connectivity index (χ4v) is 5.99. The van der Waals surface area contributed by atoms with E-state index in [2.05, 4.69) is 5.32 Å². The number of carbonyl (C=O) groups excluding carboxylic acids is 2. The molecule has 1 aliphatic heterocycles. The molecule has 1 atom stereocenters. The molecule has 6 nitrogen and oxygen atoms in total. The topological polar surface area (TPSA) is 98.7 Å². The number of thioether (sulfide) groups is 1. The standard InChI is InChI=1S/C26H29NO5S/c28-21-17-26(20-11-5-2-6-12-20,18-25(27-24(30)31)14-7-8-15-25)32-23(29)22(21)33-16-13-19-9-3-1-4-10-19/h1-6,9-12,27-28H,7-8,13-18H2,(H,30,31)/p-1. The number of aliphatic hydroxyl groups is 1. The summed E-state index contributed by atoms with van der Waals surface area (Å²) < 4.78 is 6.08. The number of nitrogens with one attached hydrogen (secondary N) is 1. The first-order valence-corrected chi connectivity index (χ1v) is 12.3. The minimum absolute atomic E-state index is 0.00485. The Morgan fingerprint density at radius 2 is 1.70 bits per heavy atom. The molecule has 0 aromatic heterocycles. The Morgan fingerprint density at radius 3 is 2.30 bits per heavy atom. The van der Waals surface area contributed by atoms with Gasteiger partial charge < -0.3 is 25.1 Å². The summed E-state index contributed by atoms with van der Waals surface area (Å²) in [4.78, 5) is 24.8. The molecule has 1 aliphatic carbocycles. The van der Waals surface area contributed by atoms with Gasteiger partial charge in [-0.1, -0.05) is 73.5 Å². The zero-order chi connectivity index (χ0) is 23.3. The molecule has 1 amide bonds. The van der Waals surface area contributed by atoms with E-state index in [1.54, 1.807) is 0 Å². The van der Waals surface area contributed by atoms with Crippen molar-refractivity contribution in [3.05, 3.63) is 82.5 Å². The fourth-order valence-electron chi connectivity index (χ4n) is 5.05. The molecule has 0 saturated heterocycles. The summed E-state index contributed by atoms with van der Waals surface area (Å²) in [7, 11) is 0. The molecule has 33 heavy (non-hydrogen) atoms. The molecule has 1 fully saturated rings. The van der Waals surface area contributed by atoms with Gasteiger partial charge >= 0.3 is 5.97 Å². The number of carboxylic acid groups (broad SMARTS) is 1. The van der Waals surface area contributed by atoms with E-state index in [0.29, 0.717) is 18.6 Å². The average Bonchev–Trinajstić information content (AvgIpc) is 3.24. The Kier molecular flexibility index (Phi) is 6.98. The van der Waals surface area contributed by atoms with E-state index in [4.69, 9.17) is 4.74 Å². The molecule has 174 valence electrons. The predicted molar refractivity (Wildman–Crippen MR) is 125 cm³/mol. The summed E-state index contributed by atoms with van der Waals surface area (Å²) in [5.41, 5.74) is -0.0135. The summed E-state index contributed by atoms with van der Waals surface area (Å²) in [5, 5.41) is 25.1. The maximum absolute atomic E-state index is 13.1. The molecule has 0 spiro atoms. The monoisotopic (exact) mass is 466 g/mol. The van der Waals surface area contributed by atoms with Crippen LogP contribution in [-0.4, -0.2) is 28.5 Å². The molecule has 0 bridgehead atoms. The van der Waals surface area contributed by atoms with Crippen LogP contribution in [0.1, 0.15) is 49.7 Å². The Morgan fingerprint density at radius 1 is 1.06 bits per heavy atom. The Balaban J connectivity index is 1.59. The molecular formula is C26H28NO5S-. The maximum atomic E-state index is 13.1. The number of esters is 1. The lowest BCUT2D eigenvalue weighted by molar-refractivity contribution is -0.253. The van der Waals surface area contributed by atoms with Crippen LogP contribution in [0.5, 0.6) is 0 Å². The third kappa shape index (κ3) is 5.36. The van der Waals surface area contributed by atoms with Crippen molar-refractivity contribution in [1.82, 2.24) is 5.32 Å². The Hall–Kier alpha value is -2.93. The van der Waals surface area contributed by atoms with Gasteiger partial charge in [-0.3, -0.25) is 0 Å². The molecule has 1 heterocycles. The number of aryl methyl sites for hydroxylation is 1. The van der Waals surface area contributed by atoms with Crippen LogP contribution in [0.25, 0.3) is 0 Å². The van der Waals surface area contributed by atoms with Crippen molar-refractivity contribution in [2.75, 3.05) is 5.75 Å². The number of hydrogen-bond donors (Lipinski definition) is 2. The zero-order valence-electron chi connectivity index (χ0n) is 18.4. The summed E-state index contributed by atoms with van der Waals surface area (Å²) in [6.45, 7) is 0. The molecule has 2 aromatic carbocycles. The van der Waals surface area contributed by atoms with Crippen LogP contribution in [0.2, 0.25) is 0 Å². The minimum atomic E-state index is -1.33. The first kappa shape index (κ1) is 23.2. The lowest BCUT2D eigenvalue weighted by Crippen LogP contribution is -2.56. The second-order valence-electron chi connectivity index (χ2n) is 8.86. The van der Waals surface area contributed by atoms with E-state index in [0.717, 1.165) is 30.4 Å². The van der Waals surface area contributed by atoms with Gasteiger partial charge in [-0.25, -0.2) is 4.79 Å². The van der Waals surface area contributed by atoms with E-state index >= 15 is 0 Å². The maximum Gasteiger partial charge on any atom is 0.348 e. The highest BCUT2D eigenvalue weighted by Gasteiger charge is 2.50. The van der Waals surface area contributed by atoms with Gasteiger partial charge in [-0.2, -0.15) is 0 Å². The summed E-state index contributed by atoms with van der Waals surface area (Å²) in [5.74, 6) is 0.0598. The van der Waals surface area contributed by atoms with Gasteiger partial charge in [0.25, 0.3) is 0 Å². The van der Waals surface area contributed by atoms with Crippen LogP contribution in [0.3, 0.4) is 0 Å². The van der Waals surface area contributed by atoms with Gasteiger partial charge in [0.15, 0.2) is 0 Å². The van der Waals surface area contributed by atoms with Crippen LogP contribution in [0.4, 0.5) is 4.79 Å². The molecule has 7 heteroatoms. The largest absolute Gasteiger partial charge is 0.530 e. The van der Waals surface area contributed by atoms with Gasteiger partial charge in [0.1, 0.15) is 22.4 Å². The van der Waals surface area contributed by atoms with Crippen LogP contribution in [-0.2, 0) is 21.6 Å². The number of rotatable bonds is 8. The first-order valence-electron chi connectivity index (χ1n) is 11.3. The van der Waals surface area contributed by atoms with Gasteiger partial charge in [0, 0.05) is 17.7 Å². The second kappa shape index (κ2) is 9.91. The molecule has 2 aliphatic rings. The number of aliphatic hydroxyl groups excluding tert-OH is 1. The van der Waals surface area contributed by atoms with Crippen molar-refractivity contribution in [3.63, 3.8) is 0 Å². The minimum Gasteiger partial charge on any atom is -0.530 e. The number of amides is 1. The third-order valence-corrected chi connectivity index (χ3v) is 7.62. The van der Waals surface area contributed by atoms with Gasteiger partial charge in [0.2, 0.25) is 0 Å². The van der Waals surface area contributed by atoms with E-state index in [1.807, 2.05) is 60.7 Å². The molecular weight excluding hydrogens is 438 g/mol. The zero-order valence-corrected chi connectivity index (χ0v) is 19.2. The normalized spacial score (nSPS) is 22.1. The average molecular weight is 467 g/mol. The third-order valence-electron chi connectivity index (χ3n) is 6.52. The smallest absolute Gasteiger partial charge is 0.348 e. The van der Waals surface area contributed by atoms with E-state index < -0.39 is 23.2 Å². The summed E-state index contributed by atoms with van der Waals surface area (Å²) in [6, 6.07) is 19.2. The second-order valence-corrected chi connectivity index (χ2v) is 9.97. The number of benzene rings is 2. The summed E-state index contributed by atoms with van der Waals surface area (Å²) in [6.07, 6.45) is 2.80. The van der Waals surface area contributed by atoms with Crippen molar-refractivity contribution in [2.45, 2.75) is 56.1 Å². The van der Waals surface area contributed by atoms with Gasteiger partial charge in [-0.05, 0) is 30.4 Å². The highest BCUT2D eigenvalue weighted by Crippen LogP contribution is 2.48. The van der Waals surface area contributed by atoms with Crippen molar-refractivity contribution >= 4 is 23.8 Å². The molecule has 2 N–H and O–H groups in total. The highest BCUT2D eigenvalue weighted by molar-refractivity contribution is 8.04. The van der Waals surface area contributed by atoms with Crippen LogP contribution in [0.15, 0.2) is 71.3 Å². The van der Waals surface area contributed by atoms with Crippen molar-refractivity contribution in [3.8, 4) is 0 Å². The van der Waals surface area contributed by atoms with Crippen LogP contribution in [0, 0.1) is 0 Å². The van der Waals surface area contributed by atoms with Crippen molar-refractivity contribution in [1.29, 1.82) is 0 Å². The molecule has 1 saturated carbocycles.